The van der Waals surface area contributed by atoms with E-state index in [9.17, 15) is 0 Å². The molecule has 0 aliphatic heterocycles. The third-order valence-electron chi connectivity index (χ3n) is 5.34. The first-order chi connectivity index (χ1) is 16.8. The van der Waals surface area contributed by atoms with E-state index in [0.717, 1.165) is 0 Å². The Hall–Kier alpha value is -0.183. The van der Waals surface area contributed by atoms with Gasteiger partial charge in [0.1, 0.15) is 0 Å². The van der Waals surface area contributed by atoms with Gasteiger partial charge >= 0.3 is 0 Å². The van der Waals surface area contributed by atoms with Gasteiger partial charge in [0.2, 0.25) is 0 Å². The summed E-state index contributed by atoms with van der Waals surface area (Å²) >= 11 is 0. The zero-order valence-corrected chi connectivity index (χ0v) is 23.8. The molecule has 0 saturated heterocycles. The van der Waals surface area contributed by atoms with Gasteiger partial charge in [-0.05, 0) is 18.1 Å². The molecule has 0 aliphatic carbocycles. The zero-order chi connectivity index (χ0) is 26.1. The van der Waals surface area contributed by atoms with Crippen molar-refractivity contribution < 1.29 is 47.4 Å². The zero-order valence-electron chi connectivity index (χ0n) is 22.8. The van der Waals surface area contributed by atoms with Crippen LogP contribution in [0.25, 0.3) is 0 Å². The third kappa shape index (κ3) is 23.9. The van der Waals surface area contributed by atoms with Gasteiger partial charge in [0.25, 0.3) is 0 Å². The molecule has 0 atom stereocenters. The molecule has 0 fully saturated rings. The summed E-state index contributed by atoms with van der Waals surface area (Å²) in [6, 6.07) is 0. The highest BCUT2D eigenvalue weighted by Gasteiger charge is 2.36. The van der Waals surface area contributed by atoms with Crippen molar-refractivity contribution >= 4 is 8.32 Å². The summed E-state index contributed by atoms with van der Waals surface area (Å²) in [5, 5.41) is 8.78. The second kappa shape index (κ2) is 24.2. The van der Waals surface area contributed by atoms with Gasteiger partial charge in [-0.3, -0.25) is 0 Å². The van der Waals surface area contributed by atoms with Crippen molar-refractivity contribution in [3.05, 3.63) is 0 Å². The first-order valence-electron chi connectivity index (χ1n) is 12.7. The van der Waals surface area contributed by atoms with Crippen LogP contribution < -0.4 is 0 Å². The van der Waals surface area contributed by atoms with Crippen molar-refractivity contribution in [2.75, 3.05) is 119 Å². The van der Waals surface area contributed by atoms with Crippen LogP contribution in [0, 0.1) is 0 Å². The Morgan fingerprint density at radius 1 is 0.429 bits per heavy atom. The molecule has 0 aliphatic rings. The van der Waals surface area contributed by atoms with Gasteiger partial charge in [0.15, 0.2) is 8.32 Å². The van der Waals surface area contributed by atoms with Crippen LogP contribution in [0.15, 0.2) is 0 Å². The van der Waals surface area contributed by atoms with E-state index in [1.165, 1.54) is 0 Å². The average Bonchev–Trinajstić information content (AvgIpc) is 2.80. The standard InChI is InChI=1S/C24H52O10Si/c1-24(2,3)35(4,5)34-23-22-33-21-20-32-19-18-31-17-16-30-15-14-29-13-12-28-11-10-27-9-8-26-7-6-25/h25H,6-23H2,1-5H3. The highest BCUT2D eigenvalue weighted by molar-refractivity contribution is 6.74. The fourth-order valence-electron chi connectivity index (χ4n) is 2.28. The summed E-state index contributed by atoms with van der Waals surface area (Å²) in [6.07, 6.45) is 0. The molecule has 0 aromatic carbocycles. The van der Waals surface area contributed by atoms with E-state index < -0.39 is 8.32 Å². The largest absolute Gasteiger partial charge is 0.414 e. The maximum Gasteiger partial charge on any atom is 0.192 e. The van der Waals surface area contributed by atoms with Gasteiger partial charge in [-0.1, -0.05) is 20.8 Å². The van der Waals surface area contributed by atoms with E-state index in [4.69, 9.17) is 47.4 Å². The summed E-state index contributed by atoms with van der Waals surface area (Å²) in [4.78, 5) is 0. The maximum atomic E-state index is 8.56. The number of ether oxygens (including phenoxy) is 8. The minimum Gasteiger partial charge on any atom is -0.414 e. The number of aliphatic hydroxyl groups excluding tert-OH is 1. The van der Waals surface area contributed by atoms with E-state index in [1.54, 1.807) is 0 Å². The fraction of sp³-hybridized carbons (Fsp3) is 1.00. The molecule has 0 heterocycles. The molecule has 0 rings (SSSR count). The van der Waals surface area contributed by atoms with Crippen molar-refractivity contribution in [1.29, 1.82) is 0 Å². The third-order valence-corrected chi connectivity index (χ3v) is 9.87. The molecular weight excluding hydrogens is 476 g/mol. The van der Waals surface area contributed by atoms with E-state index in [0.29, 0.717) is 112 Å². The van der Waals surface area contributed by atoms with Gasteiger partial charge < -0.3 is 47.4 Å². The van der Waals surface area contributed by atoms with Crippen LogP contribution in [-0.2, 0) is 42.3 Å². The van der Waals surface area contributed by atoms with Crippen LogP contribution in [0.4, 0.5) is 0 Å². The topological polar surface area (TPSA) is 103 Å². The molecule has 0 radical (unpaired) electrons. The highest BCUT2D eigenvalue weighted by atomic mass is 28.4. The Kier molecular flexibility index (Phi) is 24.0. The lowest BCUT2D eigenvalue weighted by Gasteiger charge is -2.36. The number of hydrogen-bond donors (Lipinski definition) is 1. The summed E-state index contributed by atoms with van der Waals surface area (Å²) in [5.41, 5.74) is 0. The Morgan fingerprint density at radius 3 is 0.886 bits per heavy atom. The summed E-state index contributed by atoms with van der Waals surface area (Å²) in [5.74, 6) is 0. The van der Waals surface area contributed by atoms with Crippen LogP contribution in [0.1, 0.15) is 20.8 Å². The lowest BCUT2D eigenvalue weighted by molar-refractivity contribution is -0.0243. The van der Waals surface area contributed by atoms with E-state index in [1.807, 2.05) is 0 Å². The second-order valence-electron chi connectivity index (χ2n) is 9.23. The lowest BCUT2D eigenvalue weighted by atomic mass is 10.2. The summed E-state index contributed by atoms with van der Waals surface area (Å²) < 4.78 is 49.3. The fourth-order valence-corrected chi connectivity index (χ4v) is 3.30. The van der Waals surface area contributed by atoms with E-state index >= 15 is 0 Å². The average molecular weight is 529 g/mol. The first kappa shape index (κ1) is 34.8. The van der Waals surface area contributed by atoms with E-state index in [2.05, 4.69) is 33.9 Å². The molecule has 0 bridgehead atoms. The Morgan fingerprint density at radius 2 is 0.657 bits per heavy atom. The lowest BCUT2D eigenvalue weighted by Crippen LogP contribution is -2.41. The molecule has 0 aromatic rings. The van der Waals surface area contributed by atoms with Crippen molar-refractivity contribution in [2.24, 2.45) is 0 Å². The molecule has 11 heteroatoms. The quantitative estimate of drug-likeness (QED) is 0.126. The molecule has 212 valence electrons. The van der Waals surface area contributed by atoms with Crippen LogP contribution >= 0.6 is 0 Å². The first-order valence-corrected chi connectivity index (χ1v) is 15.6. The minimum absolute atomic E-state index is 0.0313. The summed E-state index contributed by atoms with van der Waals surface area (Å²) in [6.45, 7) is 20.1. The summed E-state index contributed by atoms with van der Waals surface area (Å²) in [7, 11) is -1.69. The molecule has 0 amide bonds. The van der Waals surface area contributed by atoms with Crippen molar-refractivity contribution in [3.8, 4) is 0 Å². The predicted molar refractivity (Wildman–Crippen MR) is 137 cm³/mol. The Bertz CT molecular complexity index is 435. The van der Waals surface area contributed by atoms with Gasteiger partial charge in [-0.2, -0.15) is 0 Å². The van der Waals surface area contributed by atoms with Crippen LogP contribution in [0.2, 0.25) is 18.1 Å². The van der Waals surface area contributed by atoms with Crippen LogP contribution in [0.5, 0.6) is 0 Å². The molecule has 0 spiro atoms. The smallest absolute Gasteiger partial charge is 0.192 e. The van der Waals surface area contributed by atoms with Crippen LogP contribution in [0.3, 0.4) is 0 Å². The monoisotopic (exact) mass is 528 g/mol. The molecule has 10 nitrogen and oxygen atoms in total. The molecular formula is C24H52O10Si. The van der Waals surface area contributed by atoms with Gasteiger partial charge in [0.05, 0.1) is 119 Å². The van der Waals surface area contributed by atoms with Gasteiger partial charge in [-0.25, -0.2) is 0 Å². The highest BCUT2D eigenvalue weighted by Crippen LogP contribution is 2.36. The van der Waals surface area contributed by atoms with Crippen molar-refractivity contribution in [3.63, 3.8) is 0 Å². The second-order valence-corrected chi connectivity index (χ2v) is 14.0. The SMILES string of the molecule is CC(C)(C)[Si](C)(C)OCCOCCOCCOCCOCCOCCOCCOCCOCCO. The Labute approximate surface area is 213 Å². The molecule has 0 unspecified atom stereocenters. The number of rotatable bonds is 27. The number of aliphatic hydroxyl groups is 1. The van der Waals surface area contributed by atoms with Crippen molar-refractivity contribution in [2.45, 2.75) is 38.9 Å². The molecule has 0 saturated carbocycles. The molecule has 0 aromatic heterocycles. The molecule has 1 N–H and O–H groups in total. The minimum atomic E-state index is -1.69. The van der Waals surface area contributed by atoms with Crippen LogP contribution in [-0.4, -0.2) is 132 Å². The Balaban J connectivity index is 3.14. The van der Waals surface area contributed by atoms with E-state index in [-0.39, 0.29) is 11.6 Å². The normalized spacial score (nSPS) is 12.5. The predicted octanol–water partition coefficient (Wildman–Crippen LogP) is 2.13. The van der Waals surface area contributed by atoms with Gasteiger partial charge in [0, 0.05) is 0 Å². The number of hydrogen-bond acceptors (Lipinski definition) is 10. The maximum absolute atomic E-state index is 8.56. The molecule has 35 heavy (non-hydrogen) atoms. The van der Waals surface area contributed by atoms with Crippen molar-refractivity contribution in [1.82, 2.24) is 0 Å². The van der Waals surface area contributed by atoms with Gasteiger partial charge in [-0.15, -0.1) is 0 Å².